The maximum atomic E-state index is 11.4. The van der Waals surface area contributed by atoms with Crippen molar-refractivity contribution in [3.8, 4) is 11.3 Å². The Hall–Kier alpha value is -2.16. The highest BCUT2D eigenvalue weighted by Gasteiger charge is 2.24. The van der Waals surface area contributed by atoms with Crippen LogP contribution in [0.2, 0.25) is 0 Å². The summed E-state index contributed by atoms with van der Waals surface area (Å²) in [6.07, 6.45) is 1.65. The van der Waals surface area contributed by atoms with Gasteiger partial charge in [-0.25, -0.2) is 4.79 Å². The third-order valence-corrected chi connectivity index (χ3v) is 2.67. The van der Waals surface area contributed by atoms with Crippen LogP contribution in [-0.2, 0) is 11.3 Å². The molecule has 16 heavy (non-hydrogen) atoms. The third kappa shape index (κ3) is 1.29. The summed E-state index contributed by atoms with van der Waals surface area (Å²) < 4.78 is 5.01. The molecule has 0 unspecified atom stereocenters. The molecular weight excluding hydrogens is 202 g/mol. The van der Waals surface area contributed by atoms with Gasteiger partial charge in [0, 0.05) is 17.3 Å². The van der Waals surface area contributed by atoms with Crippen LogP contribution in [0.25, 0.3) is 11.3 Å². The second kappa shape index (κ2) is 3.45. The van der Waals surface area contributed by atoms with Crippen molar-refractivity contribution >= 4 is 5.97 Å². The van der Waals surface area contributed by atoms with Gasteiger partial charge in [-0.05, 0) is 6.07 Å². The molecule has 0 atom stereocenters. The Morgan fingerprint density at radius 3 is 2.75 bits per heavy atom. The average molecular weight is 211 g/mol. The number of esters is 1. The molecule has 3 heteroatoms. The van der Waals surface area contributed by atoms with Gasteiger partial charge in [0.1, 0.15) is 6.61 Å². The molecule has 0 spiro atoms. The number of nitrogens with zero attached hydrogens (tertiary/aromatic N) is 1. The lowest BCUT2D eigenvalue weighted by atomic mass is 10.0. The van der Waals surface area contributed by atoms with E-state index < -0.39 is 0 Å². The fourth-order valence-electron chi connectivity index (χ4n) is 1.89. The Labute approximate surface area is 92.7 Å². The Bertz CT molecular complexity index is 549. The molecular formula is C13H9NO2. The van der Waals surface area contributed by atoms with Gasteiger partial charge in [0.2, 0.25) is 0 Å². The van der Waals surface area contributed by atoms with E-state index in [1.165, 1.54) is 0 Å². The zero-order valence-corrected chi connectivity index (χ0v) is 8.51. The number of hydrogen-bond acceptors (Lipinski definition) is 3. The monoisotopic (exact) mass is 211 g/mol. The van der Waals surface area contributed by atoms with Crippen molar-refractivity contribution in [2.45, 2.75) is 6.61 Å². The van der Waals surface area contributed by atoms with E-state index in [9.17, 15) is 4.79 Å². The van der Waals surface area contributed by atoms with Gasteiger partial charge in [-0.3, -0.25) is 4.98 Å². The zero-order valence-electron chi connectivity index (χ0n) is 8.51. The van der Waals surface area contributed by atoms with Gasteiger partial charge in [0.05, 0.1) is 11.3 Å². The maximum absolute atomic E-state index is 11.4. The van der Waals surface area contributed by atoms with Crippen molar-refractivity contribution < 1.29 is 9.53 Å². The molecule has 78 valence electrons. The van der Waals surface area contributed by atoms with Crippen LogP contribution in [0, 0.1) is 0 Å². The molecule has 3 nitrogen and oxygen atoms in total. The van der Waals surface area contributed by atoms with Gasteiger partial charge in [-0.1, -0.05) is 30.3 Å². The molecule has 0 aliphatic carbocycles. The SMILES string of the molecule is O=C1OCc2c1ccnc2-c1ccccc1. The van der Waals surface area contributed by atoms with Crippen LogP contribution in [0.3, 0.4) is 0 Å². The number of carbonyl (C=O) groups excluding carboxylic acids is 1. The summed E-state index contributed by atoms with van der Waals surface area (Å²) in [5, 5.41) is 0. The molecule has 0 amide bonds. The Kier molecular flexibility index (Phi) is 1.96. The number of pyridine rings is 1. The molecule has 1 aliphatic rings. The van der Waals surface area contributed by atoms with Crippen LogP contribution >= 0.6 is 0 Å². The normalized spacial score (nSPS) is 13.4. The first-order valence-corrected chi connectivity index (χ1v) is 5.06. The van der Waals surface area contributed by atoms with Gasteiger partial charge in [-0.2, -0.15) is 0 Å². The molecule has 0 saturated carbocycles. The van der Waals surface area contributed by atoms with Crippen molar-refractivity contribution in [1.29, 1.82) is 0 Å². The minimum Gasteiger partial charge on any atom is -0.457 e. The number of fused-ring (bicyclic) bond motifs is 1. The highest BCUT2D eigenvalue weighted by molar-refractivity contribution is 5.95. The van der Waals surface area contributed by atoms with Gasteiger partial charge in [0.15, 0.2) is 0 Å². The zero-order chi connectivity index (χ0) is 11.0. The lowest BCUT2D eigenvalue weighted by molar-refractivity contribution is 0.0535. The van der Waals surface area contributed by atoms with Crippen LogP contribution in [0.1, 0.15) is 15.9 Å². The Morgan fingerprint density at radius 1 is 1.12 bits per heavy atom. The van der Waals surface area contributed by atoms with Gasteiger partial charge < -0.3 is 4.74 Å². The van der Waals surface area contributed by atoms with Gasteiger partial charge in [-0.15, -0.1) is 0 Å². The Balaban J connectivity index is 2.20. The first-order chi connectivity index (χ1) is 7.86. The van der Waals surface area contributed by atoms with E-state index in [0.29, 0.717) is 12.2 Å². The summed E-state index contributed by atoms with van der Waals surface area (Å²) in [6.45, 7) is 0.326. The van der Waals surface area contributed by atoms with E-state index in [0.717, 1.165) is 16.8 Å². The first-order valence-electron chi connectivity index (χ1n) is 5.06. The fourth-order valence-corrected chi connectivity index (χ4v) is 1.89. The van der Waals surface area contributed by atoms with E-state index in [2.05, 4.69) is 4.98 Å². The number of aromatic nitrogens is 1. The molecule has 0 bridgehead atoms. The van der Waals surface area contributed by atoms with Crippen molar-refractivity contribution in [1.82, 2.24) is 4.98 Å². The standard InChI is InChI=1S/C13H9NO2/c15-13-10-6-7-14-12(11(10)8-16-13)9-4-2-1-3-5-9/h1-7H,8H2. The quantitative estimate of drug-likeness (QED) is 0.680. The predicted molar refractivity (Wildman–Crippen MR) is 58.8 cm³/mol. The Morgan fingerprint density at radius 2 is 1.94 bits per heavy atom. The number of benzene rings is 1. The summed E-state index contributed by atoms with van der Waals surface area (Å²) in [4.78, 5) is 15.7. The lowest BCUT2D eigenvalue weighted by Crippen LogP contribution is -1.95. The lowest BCUT2D eigenvalue weighted by Gasteiger charge is -2.04. The van der Waals surface area contributed by atoms with E-state index in [1.807, 2.05) is 30.3 Å². The highest BCUT2D eigenvalue weighted by atomic mass is 16.5. The molecule has 0 fully saturated rings. The number of cyclic esters (lactones) is 1. The molecule has 0 saturated heterocycles. The number of ether oxygens (including phenoxy) is 1. The molecule has 3 rings (SSSR count). The summed E-state index contributed by atoms with van der Waals surface area (Å²) in [6, 6.07) is 11.5. The minimum atomic E-state index is -0.255. The summed E-state index contributed by atoms with van der Waals surface area (Å²) in [5.41, 5.74) is 3.37. The molecule has 0 N–H and O–H groups in total. The van der Waals surface area contributed by atoms with Crippen molar-refractivity contribution in [2.24, 2.45) is 0 Å². The van der Waals surface area contributed by atoms with Gasteiger partial charge in [0.25, 0.3) is 0 Å². The number of rotatable bonds is 1. The molecule has 1 aromatic heterocycles. The smallest absolute Gasteiger partial charge is 0.339 e. The minimum absolute atomic E-state index is 0.255. The second-order valence-corrected chi connectivity index (χ2v) is 3.63. The van der Waals surface area contributed by atoms with Crippen molar-refractivity contribution in [3.05, 3.63) is 53.7 Å². The third-order valence-electron chi connectivity index (χ3n) is 2.67. The first kappa shape index (κ1) is 9.09. The summed E-state index contributed by atoms with van der Waals surface area (Å²) in [7, 11) is 0. The topological polar surface area (TPSA) is 39.2 Å². The van der Waals surface area contributed by atoms with Crippen LogP contribution in [0.5, 0.6) is 0 Å². The van der Waals surface area contributed by atoms with Crippen LogP contribution in [0.15, 0.2) is 42.6 Å². The van der Waals surface area contributed by atoms with Crippen LogP contribution in [-0.4, -0.2) is 11.0 Å². The van der Waals surface area contributed by atoms with E-state index in [1.54, 1.807) is 12.3 Å². The van der Waals surface area contributed by atoms with Crippen LogP contribution in [0.4, 0.5) is 0 Å². The molecule has 1 aliphatic heterocycles. The van der Waals surface area contributed by atoms with E-state index >= 15 is 0 Å². The highest BCUT2D eigenvalue weighted by Crippen LogP contribution is 2.28. The van der Waals surface area contributed by atoms with Crippen molar-refractivity contribution in [3.63, 3.8) is 0 Å². The maximum Gasteiger partial charge on any atom is 0.339 e. The summed E-state index contributed by atoms with van der Waals surface area (Å²) in [5.74, 6) is -0.255. The summed E-state index contributed by atoms with van der Waals surface area (Å²) >= 11 is 0. The largest absolute Gasteiger partial charge is 0.457 e. The number of carbonyl (C=O) groups is 1. The van der Waals surface area contributed by atoms with Crippen molar-refractivity contribution in [2.75, 3.05) is 0 Å². The van der Waals surface area contributed by atoms with Crippen LogP contribution < -0.4 is 0 Å². The molecule has 1 aromatic carbocycles. The molecule has 0 radical (unpaired) electrons. The fraction of sp³-hybridized carbons (Fsp3) is 0.0769. The molecule has 2 heterocycles. The predicted octanol–water partition coefficient (Wildman–Crippen LogP) is 2.42. The average Bonchev–Trinajstić information content (AvgIpc) is 2.73. The number of hydrogen-bond donors (Lipinski definition) is 0. The van der Waals surface area contributed by atoms with E-state index in [-0.39, 0.29) is 5.97 Å². The molecule has 2 aromatic rings. The van der Waals surface area contributed by atoms with Gasteiger partial charge >= 0.3 is 5.97 Å². The van der Waals surface area contributed by atoms with E-state index in [4.69, 9.17) is 4.74 Å². The second-order valence-electron chi connectivity index (χ2n) is 3.63.